The van der Waals surface area contributed by atoms with Crippen LogP contribution in [-0.4, -0.2) is 17.9 Å². The van der Waals surface area contributed by atoms with Crippen molar-refractivity contribution in [3.05, 3.63) is 6.42 Å². The molecule has 3 heteroatoms. The highest BCUT2D eigenvalue weighted by atomic mass is 15.0. The Balaban J connectivity index is 2.77. The Labute approximate surface area is 47.7 Å². The zero-order valence-electron chi connectivity index (χ0n) is 4.55. The second kappa shape index (κ2) is 1.78. The molecule has 40 valence electrons. The summed E-state index contributed by atoms with van der Waals surface area (Å²) in [6, 6.07) is 0. The lowest BCUT2D eigenvalue weighted by molar-refractivity contribution is 1.39. The summed E-state index contributed by atoms with van der Waals surface area (Å²) in [6.45, 7) is 1.76. The largest absolute Gasteiger partial charge is 0.319 e. The Morgan fingerprint density at radius 1 is 1.75 bits per heavy atom. The molecule has 0 amide bonds. The number of aliphatic imine (C=N–C) groups is 2. The summed E-state index contributed by atoms with van der Waals surface area (Å²) in [4.78, 5) is 7.54. The lowest BCUT2D eigenvalue weighted by Gasteiger charge is -1.89. The van der Waals surface area contributed by atoms with Crippen LogP contribution >= 0.6 is 0 Å². The average Bonchev–Trinajstić information content (AvgIpc) is 1.64. The van der Waals surface area contributed by atoms with Gasteiger partial charge in [-0.05, 0) is 6.92 Å². The van der Waals surface area contributed by atoms with Gasteiger partial charge in [-0.3, -0.25) is 0 Å². The molecule has 0 saturated carbocycles. The lowest BCUT2D eigenvalue weighted by atomic mass is 10.4. The molecule has 0 aromatic rings. The van der Waals surface area contributed by atoms with Crippen LogP contribution in [0.4, 0.5) is 0 Å². The quantitative estimate of drug-likeness (QED) is 0.443. The smallest absolute Gasteiger partial charge is 0.242 e. The Kier molecular flexibility index (Phi) is 1.12. The Hall–Kier alpha value is -1.12. The Morgan fingerprint density at radius 2 is 2.50 bits per heavy atom. The number of amidine groups is 2. The van der Waals surface area contributed by atoms with E-state index >= 15 is 0 Å². The van der Waals surface area contributed by atoms with Gasteiger partial charge in [0.1, 0.15) is 5.84 Å². The summed E-state index contributed by atoms with van der Waals surface area (Å²) in [5.41, 5.74) is 0. The zero-order valence-corrected chi connectivity index (χ0v) is 4.55. The van der Waals surface area contributed by atoms with Crippen LogP contribution < -0.4 is 0 Å². The molecule has 0 aromatic carbocycles. The number of nitrogens with zero attached hydrogens (tertiary/aromatic N) is 2. The van der Waals surface area contributed by atoms with Gasteiger partial charge in [0.25, 0.3) is 0 Å². The maximum atomic E-state index is 6.98. The molecule has 1 aliphatic heterocycles. The maximum Gasteiger partial charge on any atom is 0.319 e. The fourth-order valence-electron chi connectivity index (χ4n) is 0.456. The van der Waals surface area contributed by atoms with E-state index in [-0.39, 0.29) is 5.84 Å². The fraction of sp³-hybridized carbons (Fsp3) is 0.200. The van der Waals surface area contributed by atoms with E-state index < -0.39 is 0 Å². The summed E-state index contributed by atoms with van der Waals surface area (Å²) >= 11 is 0. The molecule has 0 unspecified atom stereocenters. The van der Waals surface area contributed by atoms with Crippen molar-refractivity contribution in [3.63, 3.8) is 0 Å². The molecular weight excluding hydrogens is 102 g/mol. The first-order chi connectivity index (χ1) is 3.79. The molecule has 8 heavy (non-hydrogen) atoms. The van der Waals surface area contributed by atoms with Crippen molar-refractivity contribution in [2.24, 2.45) is 9.98 Å². The highest BCUT2D eigenvalue weighted by molar-refractivity contribution is 6.14. The summed E-state index contributed by atoms with van der Waals surface area (Å²) in [6.07, 6.45) is 3.12. The summed E-state index contributed by atoms with van der Waals surface area (Å²) in [5, 5.41) is 6.98. The van der Waals surface area contributed by atoms with Crippen LogP contribution in [0.25, 0.3) is 0 Å². The number of hydrogen-bond acceptors (Lipinski definition) is 2. The predicted molar refractivity (Wildman–Crippen MR) is 33.6 cm³/mol. The molecule has 0 radical (unpaired) electrons. The minimum absolute atomic E-state index is 0.275. The van der Waals surface area contributed by atoms with Gasteiger partial charge in [-0.25, -0.2) is 5.41 Å². The Bertz CT molecular complexity index is 167. The maximum absolute atomic E-state index is 6.98. The molecule has 0 saturated heterocycles. The first kappa shape index (κ1) is 5.03. The van der Waals surface area contributed by atoms with E-state index in [1.807, 2.05) is 0 Å². The molecule has 1 heterocycles. The molecular formula is C5H6N3+. The summed E-state index contributed by atoms with van der Waals surface area (Å²) < 4.78 is 0. The molecule has 3 nitrogen and oxygen atoms in total. The first-order valence-corrected chi connectivity index (χ1v) is 2.30. The molecule has 1 aliphatic rings. The van der Waals surface area contributed by atoms with Gasteiger partial charge >= 0.3 is 5.84 Å². The van der Waals surface area contributed by atoms with E-state index in [4.69, 9.17) is 5.41 Å². The van der Waals surface area contributed by atoms with Crippen LogP contribution in [0.15, 0.2) is 9.98 Å². The number of rotatable bonds is 0. The molecule has 1 rings (SSSR count). The van der Waals surface area contributed by atoms with Gasteiger partial charge in [0.15, 0.2) is 12.6 Å². The molecule has 0 aromatic heterocycles. The van der Waals surface area contributed by atoms with Crippen molar-refractivity contribution in [2.75, 3.05) is 0 Å². The minimum Gasteiger partial charge on any atom is -0.242 e. The van der Waals surface area contributed by atoms with Crippen LogP contribution in [0.3, 0.4) is 0 Å². The highest BCUT2D eigenvalue weighted by Crippen LogP contribution is 1.91. The summed E-state index contributed by atoms with van der Waals surface area (Å²) in [7, 11) is 0. The number of hydrogen-bond donors (Lipinski definition) is 1. The average molecular weight is 108 g/mol. The van der Waals surface area contributed by atoms with Gasteiger partial charge in [0.2, 0.25) is 0 Å². The molecule has 0 bridgehead atoms. The van der Waals surface area contributed by atoms with Crippen LogP contribution in [0, 0.1) is 11.8 Å². The van der Waals surface area contributed by atoms with E-state index in [2.05, 4.69) is 9.98 Å². The second-order valence-electron chi connectivity index (χ2n) is 1.49. The normalized spacial score (nSPS) is 17.6. The third kappa shape index (κ3) is 0.932. The number of nitrogens with one attached hydrogen (secondary N) is 1. The molecule has 0 spiro atoms. The predicted octanol–water partition coefficient (Wildman–Crippen LogP) is 0.671. The molecule has 0 fully saturated rings. The SMILES string of the molecule is CC1=NC(=N)[CH+]C=N1. The van der Waals surface area contributed by atoms with Crippen molar-refractivity contribution < 1.29 is 0 Å². The summed E-state index contributed by atoms with van der Waals surface area (Å²) in [5.74, 6) is 0.926. The van der Waals surface area contributed by atoms with E-state index in [0.717, 1.165) is 0 Å². The second-order valence-corrected chi connectivity index (χ2v) is 1.49. The van der Waals surface area contributed by atoms with Crippen molar-refractivity contribution in [1.29, 1.82) is 5.41 Å². The van der Waals surface area contributed by atoms with E-state index in [0.29, 0.717) is 5.84 Å². The lowest BCUT2D eigenvalue weighted by Crippen LogP contribution is -2.04. The van der Waals surface area contributed by atoms with Crippen molar-refractivity contribution in [1.82, 2.24) is 0 Å². The van der Waals surface area contributed by atoms with E-state index in [1.54, 1.807) is 19.6 Å². The van der Waals surface area contributed by atoms with E-state index in [1.165, 1.54) is 0 Å². The van der Waals surface area contributed by atoms with E-state index in [9.17, 15) is 0 Å². The van der Waals surface area contributed by atoms with Gasteiger partial charge in [0.05, 0.1) is 0 Å². The van der Waals surface area contributed by atoms with Gasteiger partial charge in [0, 0.05) is 0 Å². The van der Waals surface area contributed by atoms with Gasteiger partial charge < -0.3 is 0 Å². The molecule has 1 N–H and O–H groups in total. The third-order valence-corrected chi connectivity index (χ3v) is 0.776. The monoisotopic (exact) mass is 108 g/mol. The van der Waals surface area contributed by atoms with Crippen LogP contribution in [0.5, 0.6) is 0 Å². The molecule has 0 aliphatic carbocycles. The van der Waals surface area contributed by atoms with Crippen molar-refractivity contribution in [3.8, 4) is 0 Å². The topological polar surface area (TPSA) is 48.6 Å². The molecule has 0 atom stereocenters. The van der Waals surface area contributed by atoms with Crippen molar-refractivity contribution in [2.45, 2.75) is 6.92 Å². The first-order valence-electron chi connectivity index (χ1n) is 2.30. The van der Waals surface area contributed by atoms with Gasteiger partial charge in [-0.2, -0.15) is 9.98 Å². The minimum atomic E-state index is 0.275. The third-order valence-electron chi connectivity index (χ3n) is 0.776. The Morgan fingerprint density at radius 3 is 2.88 bits per heavy atom. The van der Waals surface area contributed by atoms with Gasteiger partial charge in [-0.1, -0.05) is 0 Å². The van der Waals surface area contributed by atoms with Crippen LogP contribution in [0.1, 0.15) is 6.92 Å². The van der Waals surface area contributed by atoms with Crippen LogP contribution in [-0.2, 0) is 0 Å². The fourth-order valence-corrected chi connectivity index (χ4v) is 0.456. The van der Waals surface area contributed by atoms with Crippen molar-refractivity contribution >= 4 is 17.9 Å². The van der Waals surface area contributed by atoms with Gasteiger partial charge in [-0.15, -0.1) is 0 Å². The van der Waals surface area contributed by atoms with Crippen LogP contribution in [0.2, 0.25) is 0 Å². The standard InChI is InChI=1S/C5H6N3/c1-4-7-3-2-5(6)8-4/h2-3,6H,1H3/q+1. The zero-order chi connectivity index (χ0) is 5.98. The highest BCUT2D eigenvalue weighted by Gasteiger charge is 2.08.